The summed E-state index contributed by atoms with van der Waals surface area (Å²) in [6, 6.07) is 9.98. The second-order valence-corrected chi connectivity index (χ2v) is 6.81. The molecule has 0 fully saturated rings. The van der Waals surface area contributed by atoms with Gasteiger partial charge in [0.2, 0.25) is 0 Å². The van der Waals surface area contributed by atoms with Crippen molar-refractivity contribution in [2.24, 2.45) is 0 Å². The number of aliphatic hydroxyl groups excluding tert-OH is 1. The summed E-state index contributed by atoms with van der Waals surface area (Å²) in [7, 11) is 1.47. The van der Waals surface area contributed by atoms with Crippen LogP contribution in [-0.4, -0.2) is 32.4 Å². The third kappa shape index (κ3) is 3.32. The summed E-state index contributed by atoms with van der Waals surface area (Å²) in [4.78, 5) is 9.82. The van der Waals surface area contributed by atoms with E-state index in [-0.39, 0.29) is 5.56 Å². The van der Waals surface area contributed by atoms with E-state index in [1.54, 1.807) is 18.5 Å². The number of ether oxygens (including phenoxy) is 1. The second kappa shape index (κ2) is 7.26. The van der Waals surface area contributed by atoms with Crippen LogP contribution in [-0.2, 0) is 0 Å². The maximum Gasteiger partial charge on any atom is 0.165 e. The Morgan fingerprint density at radius 1 is 1.15 bits per heavy atom. The van der Waals surface area contributed by atoms with Crippen molar-refractivity contribution in [2.45, 2.75) is 6.10 Å². The minimum Gasteiger partial charge on any atom is -0.497 e. The Labute approximate surface area is 158 Å². The molecule has 0 aliphatic heterocycles. The lowest BCUT2D eigenvalue weighted by atomic mass is 10.00. The average Bonchev–Trinajstić information content (AvgIpc) is 3.37. The molecule has 0 aliphatic carbocycles. The lowest BCUT2D eigenvalue weighted by molar-refractivity contribution is 0.215. The van der Waals surface area contributed by atoms with Gasteiger partial charge in [-0.1, -0.05) is 0 Å². The standard InChI is InChI=1S/C19H15FN4O2S/c1-26-12-2-3-13(15(20)8-12)17(25)14-9-16(11-4-6-21-7-5-11)27-18(14)19-22-10-23-24-19/h2-10,17,25H,1H3,(H,22,23,24). The summed E-state index contributed by atoms with van der Waals surface area (Å²) in [6.45, 7) is 0. The fourth-order valence-corrected chi connectivity index (χ4v) is 3.93. The molecule has 27 heavy (non-hydrogen) atoms. The van der Waals surface area contributed by atoms with Crippen molar-refractivity contribution in [3.63, 3.8) is 0 Å². The van der Waals surface area contributed by atoms with E-state index in [0.717, 1.165) is 10.4 Å². The normalized spacial score (nSPS) is 12.1. The van der Waals surface area contributed by atoms with Crippen LogP contribution >= 0.6 is 11.3 Å². The first-order valence-corrected chi connectivity index (χ1v) is 8.90. The van der Waals surface area contributed by atoms with Crippen molar-refractivity contribution in [1.29, 1.82) is 0 Å². The molecule has 0 radical (unpaired) electrons. The van der Waals surface area contributed by atoms with E-state index < -0.39 is 11.9 Å². The van der Waals surface area contributed by atoms with Crippen molar-refractivity contribution in [3.05, 3.63) is 72.1 Å². The smallest absolute Gasteiger partial charge is 0.165 e. The molecule has 3 aromatic heterocycles. The Morgan fingerprint density at radius 3 is 2.63 bits per heavy atom. The zero-order valence-electron chi connectivity index (χ0n) is 14.3. The van der Waals surface area contributed by atoms with Gasteiger partial charge in [-0.3, -0.25) is 10.1 Å². The lowest BCUT2D eigenvalue weighted by Crippen LogP contribution is -2.03. The van der Waals surface area contributed by atoms with Gasteiger partial charge in [-0.25, -0.2) is 9.37 Å². The van der Waals surface area contributed by atoms with E-state index in [0.29, 0.717) is 22.0 Å². The van der Waals surface area contributed by atoms with Gasteiger partial charge in [-0.15, -0.1) is 11.3 Å². The van der Waals surface area contributed by atoms with E-state index in [4.69, 9.17) is 4.74 Å². The Hall–Kier alpha value is -3.10. The number of H-pyrrole nitrogens is 1. The number of pyridine rings is 1. The molecule has 0 aliphatic rings. The van der Waals surface area contributed by atoms with Crippen LogP contribution in [0.3, 0.4) is 0 Å². The van der Waals surface area contributed by atoms with Crippen LogP contribution < -0.4 is 4.74 Å². The average molecular weight is 382 g/mol. The highest BCUT2D eigenvalue weighted by molar-refractivity contribution is 7.19. The van der Waals surface area contributed by atoms with E-state index in [2.05, 4.69) is 20.2 Å². The van der Waals surface area contributed by atoms with Gasteiger partial charge in [0.1, 0.15) is 24.0 Å². The number of thiophene rings is 1. The van der Waals surface area contributed by atoms with E-state index in [1.807, 2.05) is 18.2 Å². The zero-order chi connectivity index (χ0) is 18.8. The number of aromatic nitrogens is 4. The Balaban J connectivity index is 1.82. The molecule has 0 spiro atoms. The minimum atomic E-state index is -1.16. The van der Waals surface area contributed by atoms with Gasteiger partial charge in [0, 0.05) is 34.5 Å². The van der Waals surface area contributed by atoms with Crippen molar-refractivity contribution in [3.8, 4) is 26.9 Å². The van der Waals surface area contributed by atoms with Gasteiger partial charge >= 0.3 is 0 Å². The SMILES string of the molecule is COc1ccc(C(O)c2cc(-c3ccncc3)sc2-c2ncn[nH]2)c(F)c1. The van der Waals surface area contributed by atoms with Crippen molar-refractivity contribution in [1.82, 2.24) is 20.2 Å². The van der Waals surface area contributed by atoms with Crippen molar-refractivity contribution in [2.75, 3.05) is 7.11 Å². The number of benzene rings is 1. The van der Waals surface area contributed by atoms with Crippen LogP contribution in [0, 0.1) is 5.82 Å². The highest BCUT2D eigenvalue weighted by Gasteiger charge is 2.24. The number of nitrogens with one attached hydrogen (secondary N) is 1. The maximum absolute atomic E-state index is 14.5. The summed E-state index contributed by atoms with van der Waals surface area (Å²) in [5, 5.41) is 17.6. The fourth-order valence-electron chi connectivity index (χ4n) is 2.79. The zero-order valence-corrected chi connectivity index (χ0v) is 15.1. The van der Waals surface area contributed by atoms with Gasteiger partial charge in [0.05, 0.1) is 12.0 Å². The molecule has 3 heterocycles. The van der Waals surface area contributed by atoms with Crippen molar-refractivity contribution < 1.29 is 14.2 Å². The Bertz CT molecular complexity index is 1050. The highest BCUT2D eigenvalue weighted by Crippen LogP contribution is 2.41. The minimum absolute atomic E-state index is 0.163. The molecule has 1 atom stereocenters. The first-order valence-electron chi connectivity index (χ1n) is 8.08. The topological polar surface area (TPSA) is 83.9 Å². The predicted octanol–water partition coefficient (Wildman–Crippen LogP) is 3.82. The first-order chi connectivity index (χ1) is 13.2. The molecule has 0 bridgehead atoms. The number of aliphatic hydroxyl groups is 1. The maximum atomic E-state index is 14.5. The predicted molar refractivity (Wildman–Crippen MR) is 99.9 cm³/mol. The quantitative estimate of drug-likeness (QED) is 0.548. The highest BCUT2D eigenvalue weighted by atomic mass is 32.1. The molecular weight excluding hydrogens is 367 g/mol. The fraction of sp³-hybridized carbons (Fsp3) is 0.105. The lowest BCUT2D eigenvalue weighted by Gasteiger charge is -2.13. The summed E-state index contributed by atoms with van der Waals surface area (Å²) in [5.41, 5.74) is 1.66. The van der Waals surface area contributed by atoms with Crippen LogP contribution in [0.1, 0.15) is 17.2 Å². The first kappa shape index (κ1) is 17.3. The van der Waals surface area contributed by atoms with E-state index in [9.17, 15) is 9.50 Å². The Kier molecular flexibility index (Phi) is 4.66. The Morgan fingerprint density at radius 2 is 1.96 bits per heavy atom. The third-order valence-electron chi connectivity index (χ3n) is 4.15. The molecule has 8 heteroatoms. The van der Waals surface area contributed by atoms with Crippen molar-refractivity contribution >= 4 is 11.3 Å². The van der Waals surface area contributed by atoms with Crippen LogP contribution in [0.5, 0.6) is 5.75 Å². The number of aromatic amines is 1. The molecule has 1 aromatic carbocycles. The molecule has 0 amide bonds. The van der Waals surface area contributed by atoms with Gasteiger partial charge in [0.15, 0.2) is 5.82 Å². The molecule has 4 rings (SSSR count). The van der Waals surface area contributed by atoms with Crippen LogP contribution in [0.25, 0.3) is 21.1 Å². The summed E-state index contributed by atoms with van der Waals surface area (Å²) < 4.78 is 19.5. The number of methoxy groups -OCH3 is 1. The van der Waals surface area contributed by atoms with Crippen LogP contribution in [0.15, 0.2) is 55.1 Å². The second-order valence-electron chi connectivity index (χ2n) is 5.76. The molecule has 2 N–H and O–H groups in total. The number of hydrogen-bond donors (Lipinski definition) is 2. The molecule has 136 valence electrons. The molecule has 1 unspecified atom stereocenters. The number of nitrogens with zero attached hydrogens (tertiary/aromatic N) is 3. The van der Waals surface area contributed by atoms with E-state index >= 15 is 0 Å². The number of rotatable bonds is 5. The van der Waals surface area contributed by atoms with Gasteiger partial charge in [-0.2, -0.15) is 5.10 Å². The summed E-state index contributed by atoms with van der Waals surface area (Å²) in [5.74, 6) is 0.368. The van der Waals surface area contributed by atoms with Crippen LogP contribution in [0.4, 0.5) is 4.39 Å². The molecule has 0 saturated carbocycles. The largest absolute Gasteiger partial charge is 0.497 e. The third-order valence-corrected chi connectivity index (χ3v) is 5.36. The molecule has 6 nitrogen and oxygen atoms in total. The van der Waals surface area contributed by atoms with Gasteiger partial charge < -0.3 is 9.84 Å². The monoisotopic (exact) mass is 382 g/mol. The molecule has 0 saturated heterocycles. The summed E-state index contributed by atoms with van der Waals surface area (Å²) >= 11 is 1.44. The molecule has 4 aromatic rings. The molecular formula is C19H15FN4O2S. The van der Waals surface area contributed by atoms with Gasteiger partial charge in [-0.05, 0) is 35.9 Å². The van der Waals surface area contributed by atoms with Gasteiger partial charge in [0.25, 0.3) is 0 Å². The number of hydrogen-bond acceptors (Lipinski definition) is 6. The van der Waals surface area contributed by atoms with Crippen LogP contribution in [0.2, 0.25) is 0 Å². The summed E-state index contributed by atoms with van der Waals surface area (Å²) in [6.07, 6.45) is 3.62. The number of halogens is 1. The van der Waals surface area contributed by atoms with E-state index in [1.165, 1.54) is 36.9 Å².